The summed E-state index contributed by atoms with van der Waals surface area (Å²) in [5.41, 5.74) is 2.01. The Kier molecular flexibility index (Phi) is 8.06. The highest BCUT2D eigenvalue weighted by molar-refractivity contribution is 7.92. The van der Waals surface area contributed by atoms with E-state index in [-0.39, 0.29) is 10.8 Å². The second kappa shape index (κ2) is 10.7. The summed E-state index contributed by atoms with van der Waals surface area (Å²) in [6.07, 6.45) is 1.97. The van der Waals surface area contributed by atoms with Crippen molar-refractivity contribution in [3.8, 4) is 0 Å². The lowest BCUT2D eigenvalue weighted by molar-refractivity contribution is 0.0951. The molecule has 1 heterocycles. The number of carbonyl (C=O) groups excluding carboxylic acids is 1. The number of sulfonamides is 1. The molecule has 2 aromatic rings. The summed E-state index contributed by atoms with van der Waals surface area (Å²) in [6, 6.07) is 13.1. The van der Waals surface area contributed by atoms with Crippen LogP contribution in [0.2, 0.25) is 0 Å². The Hall–Kier alpha value is -2.42. The van der Waals surface area contributed by atoms with E-state index in [2.05, 4.69) is 26.9 Å². The zero-order chi connectivity index (χ0) is 22.3. The molecule has 1 aliphatic rings. The lowest BCUT2D eigenvalue weighted by atomic mass is 10.2. The number of rotatable bonds is 9. The van der Waals surface area contributed by atoms with Crippen LogP contribution in [-0.4, -0.2) is 70.4 Å². The van der Waals surface area contributed by atoms with Crippen LogP contribution >= 0.6 is 0 Å². The fourth-order valence-corrected chi connectivity index (χ4v) is 4.52. The zero-order valence-corrected chi connectivity index (χ0v) is 19.1. The Labute approximate surface area is 185 Å². The molecular weight excluding hydrogens is 412 g/mol. The van der Waals surface area contributed by atoms with Gasteiger partial charge >= 0.3 is 0 Å². The normalized spacial score (nSPS) is 15.5. The fourth-order valence-electron chi connectivity index (χ4n) is 3.46. The lowest BCUT2D eigenvalue weighted by Gasteiger charge is -2.32. The molecule has 1 aliphatic heterocycles. The molecular formula is C23H32N4O3S. The summed E-state index contributed by atoms with van der Waals surface area (Å²) >= 11 is 0. The standard InChI is InChI=1S/C23H32N4O3S/c1-19-5-9-21(10-6-19)25-31(29,30)22-11-7-20(8-12-22)23(28)24-13-3-4-14-27-17-15-26(2)16-18-27/h5-12,25H,3-4,13-18H2,1-2H3,(H,24,28). The van der Waals surface area contributed by atoms with E-state index in [1.807, 2.05) is 19.1 Å². The highest BCUT2D eigenvalue weighted by Gasteiger charge is 2.16. The van der Waals surface area contributed by atoms with Gasteiger partial charge in [0, 0.05) is 44.0 Å². The summed E-state index contributed by atoms with van der Waals surface area (Å²) < 4.78 is 27.6. The van der Waals surface area contributed by atoms with Gasteiger partial charge in [-0.1, -0.05) is 17.7 Å². The van der Waals surface area contributed by atoms with Crippen molar-refractivity contribution in [3.05, 3.63) is 59.7 Å². The van der Waals surface area contributed by atoms with Crippen molar-refractivity contribution in [2.24, 2.45) is 0 Å². The van der Waals surface area contributed by atoms with Crippen LogP contribution < -0.4 is 10.0 Å². The number of aryl methyl sites for hydroxylation is 1. The molecule has 168 valence electrons. The first-order valence-corrected chi connectivity index (χ1v) is 12.2. The van der Waals surface area contributed by atoms with Crippen molar-refractivity contribution in [2.45, 2.75) is 24.7 Å². The number of anilines is 1. The molecule has 8 heteroatoms. The van der Waals surface area contributed by atoms with E-state index in [0.29, 0.717) is 17.8 Å². The van der Waals surface area contributed by atoms with Gasteiger partial charge in [0.1, 0.15) is 0 Å². The van der Waals surface area contributed by atoms with Gasteiger partial charge < -0.3 is 15.1 Å². The third-order valence-electron chi connectivity index (χ3n) is 5.51. The topological polar surface area (TPSA) is 81.7 Å². The molecule has 2 N–H and O–H groups in total. The first-order valence-electron chi connectivity index (χ1n) is 10.7. The van der Waals surface area contributed by atoms with Gasteiger partial charge in [0.2, 0.25) is 0 Å². The van der Waals surface area contributed by atoms with E-state index in [1.54, 1.807) is 24.3 Å². The van der Waals surface area contributed by atoms with Crippen LogP contribution in [0.4, 0.5) is 5.69 Å². The monoisotopic (exact) mass is 444 g/mol. The van der Waals surface area contributed by atoms with Crippen LogP contribution in [0, 0.1) is 6.92 Å². The largest absolute Gasteiger partial charge is 0.352 e. The molecule has 0 saturated carbocycles. The number of unbranched alkanes of at least 4 members (excludes halogenated alkanes) is 1. The summed E-state index contributed by atoms with van der Waals surface area (Å²) in [5.74, 6) is -0.185. The number of piperazine rings is 1. The zero-order valence-electron chi connectivity index (χ0n) is 18.3. The second-order valence-corrected chi connectivity index (χ2v) is 9.79. The molecule has 0 spiro atoms. The van der Waals surface area contributed by atoms with Crippen LogP contribution in [-0.2, 0) is 10.0 Å². The Morgan fingerprint density at radius 2 is 1.58 bits per heavy atom. The van der Waals surface area contributed by atoms with Gasteiger partial charge in [-0.3, -0.25) is 9.52 Å². The SMILES string of the molecule is Cc1ccc(NS(=O)(=O)c2ccc(C(=O)NCCCCN3CCN(C)CC3)cc2)cc1. The highest BCUT2D eigenvalue weighted by Crippen LogP contribution is 2.17. The Morgan fingerprint density at radius 1 is 0.935 bits per heavy atom. The number of amides is 1. The number of hydrogen-bond donors (Lipinski definition) is 2. The Morgan fingerprint density at radius 3 is 2.23 bits per heavy atom. The highest BCUT2D eigenvalue weighted by atomic mass is 32.2. The maximum absolute atomic E-state index is 12.5. The quantitative estimate of drug-likeness (QED) is 0.581. The van der Waals surface area contributed by atoms with E-state index in [0.717, 1.165) is 51.1 Å². The summed E-state index contributed by atoms with van der Waals surface area (Å²) in [4.78, 5) is 17.3. The average Bonchev–Trinajstić information content (AvgIpc) is 2.76. The molecule has 0 aromatic heterocycles. The van der Waals surface area contributed by atoms with Crippen LogP contribution in [0.3, 0.4) is 0 Å². The van der Waals surface area contributed by atoms with Crippen molar-refractivity contribution in [1.29, 1.82) is 0 Å². The molecule has 7 nitrogen and oxygen atoms in total. The van der Waals surface area contributed by atoms with Crippen LogP contribution in [0.1, 0.15) is 28.8 Å². The number of nitrogens with zero attached hydrogens (tertiary/aromatic N) is 2. The predicted molar refractivity (Wildman–Crippen MR) is 124 cm³/mol. The molecule has 0 aliphatic carbocycles. The van der Waals surface area contributed by atoms with Crippen molar-refractivity contribution >= 4 is 21.6 Å². The van der Waals surface area contributed by atoms with Crippen LogP contribution in [0.15, 0.2) is 53.4 Å². The molecule has 1 saturated heterocycles. The molecule has 1 fully saturated rings. The van der Waals surface area contributed by atoms with Gasteiger partial charge in [0.15, 0.2) is 0 Å². The molecule has 2 aromatic carbocycles. The van der Waals surface area contributed by atoms with Gasteiger partial charge in [-0.15, -0.1) is 0 Å². The smallest absolute Gasteiger partial charge is 0.261 e. The van der Waals surface area contributed by atoms with Crippen LogP contribution in [0.25, 0.3) is 0 Å². The predicted octanol–water partition coefficient (Wildman–Crippen LogP) is 2.55. The molecule has 3 rings (SSSR count). The minimum absolute atomic E-state index is 0.122. The third-order valence-corrected chi connectivity index (χ3v) is 6.91. The molecule has 0 bridgehead atoms. The van der Waals surface area contributed by atoms with Crippen molar-refractivity contribution < 1.29 is 13.2 Å². The molecule has 1 amide bonds. The number of benzene rings is 2. The number of likely N-dealkylation sites (N-methyl/N-ethyl adjacent to an activating group) is 1. The Bertz CT molecular complexity index is 951. The summed E-state index contributed by atoms with van der Waals surface area (Å²) in [5, 5.41) is 2.92. The molecule has 0 unspecified atom stereocenters. The summed E-state index contributed by atoms with van der Waals surface area (Å²) in [6.45, 7) is 8.06. The third kappa shape index (κ3) is 7.05. The minimum atomic E-state index is -3.70. The first-order chi connectivity index (χ1) is 14.8. The lowest BCUT2D eigenvalue weighted by Crippen LogP contribution is -2.44. The van der Waals surface area contributed by atoms with Crippen molar-refractivity contribution in [1.82, 2.24) is 15.1 Å². The maximum Gasteiger partial charge on any atom is 0.261 e. The summed E-state index contributed by atoms with van der Waals surface area (Å²) in [7, 11) is -1.55. The number of hydrogen-bond acceptors (Lipinski definition) is 5. The number of nitrogens with one attached hydrogen (secondary N) is 2. The minimum Gasteiger partial charge on any atom is -0.352 e. The van der Waals surface area contributed by atoms with E-state index >= 15 is 0 Å². The fraction of sp³-hybridized carbons (Fsp3) is 0.435. The molecule has 0 atom stereocenters. The van der Waals surface area contributed by atoms with Gasteiger partial charge in [0.25, 0.3) is 15.9 Å². The van der Waals surface area contributed by atoms with Crippen LogP contribution in [0.5, 0.6) is 0 Å². The van der Waals surface area contributed by atoms with E-state index < -0.39 is 10.0 Å². The van der Waals surface area contributed by atoms with Crippen molar-refractivity contribution in [3.63, 3.8) is 0 Å². The van der Waals surface area contributed by atoms with Gasteiger partial charge in [-0.25, -0.2) is 8.42 Å². The van der Waals surface area contributed by atoms with E-state index in [9.17, 15) is 13.2 Å². The van der Waals surface area contributed by atoms with E-state index in [4.69, 9.17) is 0 Å². The maximum atomic E-state index is 12.5. The van der Waals surface area contributed by atoms with Gasteiger partial charge in [0.05, 0.1) is 4.90 Å². The number of carbonyl (C=O) groups is 1. The second-order valence-electron chi connectivity index (χ2n) is 8.10. The average molecular weight is 445 g/mol. The van der Waals surface area contributed by atoms with Gasteiger partial charge in [-0.2, -0.15) is 0 Å². The van der Waals surface area contributed by atoms with Gasteiger partial charge in [-0.05, 0) is 69.8 Å². The van der Waals surface area contributed by atoms with Crippen molar-refractivity contribution in [2.75, 3.05) is 51.0 Å². The molecule has 31 heavy (non-hydrogen) atoms. The Balaban J connectivity index is 1.43. The first kappa shape index (κ1) is 23.2. The molecule has 0 radical (unpaired) electrons. The van der Waals surface area contributed by atoms with E-state index in [1.165, 1.54) is 12.1 Å².